The predicted molar refractivity (Wildman–Crippen MR) is 344 cm³/mol. The van der Waals surface area contributed by atoms with Crippen LogP contribution in [0.2, 0.25) is 0 Å². The number of rotatable bonds is 12. The van der Waals surface area contributed by atoms with Gasteiger partial charge in [0.05, 0.1) is 65.9 Å². The molecule has 0 unspecified atom stereocenters. The summed E-state index contributed by atoms with van der Waals surface area (Å²) in [7, 11) is -4.26. The summed E-state index contributed by atoms with van der Waals surface area (Å²) in [4.78, 5) is 0. The van der Waals surface area contributed by atoms with Crippen LogP contribution in [-0.2, 0) is 0 Å². The van der Waals surface area contributed by atoms with E-state index in [4.69, 9.17) is 30.1 Å². The van der Waals surface area contributed by atoms with Crippen molar-refractivity contribution < 1.29 is 206 Å². The van der Waals surface area contributed by atoms with Crippen LogP contribution in [0.5, 0.6) is 0 Å². The van der Waals surface area contributed by atoms with Crippen molar-refractivity contribution >= 4 is 48.8 Å². The van der Waals surface area contributed by atoms with Crippen LogP contribution < -0.4 is 19.0 Å². The van der Waals surface area contributed by atoms with Gasteiger partial charge < -0.3 is 30.1 Å². The summed E-state index contributed by atoms with van der Waals surface area (Å²) >= 11 is 0. The van der Waals surface area contributed by atoms with E-state index < -0.39 is 357 Å². The normalized spacial score (nSPS) is 11.5. The SMILES string of the molecule is C[N+](c1cccc(-c2c(F)c(F)c(F)c(F)c2F)c1-c1c(F)c(F)c(F)c(F)c1F)(c1c(F)c(F)c(F)c(F)c1F)c1c(F)c(F)c(F)c(F)c1F.C[N+](c1ccccc1)(c1ccccc1)c1cc(-c2c(F)c(F)c(F)c(F)c2F)c(-c2c(F)c(F)c(F)c(F)c2F)c(-c2c(F)c(F)c(F)c(F)c2F)c1-c1c(F)c(F)c(F)c(F)c1F.OB(O)O.[O-]B([O-])O. The Hall–Kier alpha value is -12.4. The number of hydrogen-bond donors (Lipinski definition) is 4. The van der Waals surface area contributed by atoms with Crippen molar-refractivity contribution in [2.24, 2.45) is 0 Å². The van der Waals surface area contributed by atoms with Gasteiger partial charge in [0.1, 0.15) is 11.4 Å². The maximum absolute atomic E-state index is 16.5. The average molecular weight is 1820 g/mol. The fourth-order valence-corrected chi connectivity index (χ4v) is 12.5. The van der Waals surface area contributed by atoms with Gasteiger partial charge in [-0.3, -0.25) is 0 Å². The zero-order chi connectivity index (χ0) is 93.5. The number of benzene rings is 12. The minimum Gasteiger partial charge on any atom is -0.871 e. The second kappa shape index (κ2) is 35.5. The molecule has 12 rings (SSSR count). The fraction of sp³-hybridized carbons (Fsp3) is 0.0270. The summed E-state index contributed by atoms with van der Waals surface area (Å²) in [6, 6.07) is 11.4. The molecule has 8 nitrogen and oxygen atoms in total. The van der Waals surface area contributed by atoms with E-state index >= 15 is 105 Å². The van der Waals surface area contributed by atoms with Crippen molar-refractivity contribution in [1.29, 1.82) is 0 Å². The lowest BCUT2D eigenvalue weighted by atomic mass is 9.79. The Bertz CT molecular complexity index is 6060. The van der Waals surface area contributed by atoms with Gasteiger partial charge in [0.15, 0.2) is 151 Å². The molecule has 0 bridgehead atoms. The molecule has 12 aromatic rings. The minimum atomic E-state index is -3.38. The van der Waals surface area contributed by atoms with Gasteiger partial charge in [-0.2, -0.15) is 17.6 Å². The smallest absolute Gasteiger partial charge is 0.631 e. The van der Waals surface area contributed by atoms with Gasteiger partial charge in [-0.1, -0.05) is 48.5 Å². The molecule has 0 saturated carbocycles. The zero-order valence-electron chi connectivity index (χ0n) is 58.9. The highest BCUT2D eigenvalue weighted by atomic mass is 19.2. The van der Waals surface area contributed by atoms with Crippen molar-refractivity contribution in [3.8, 4) is 66.8 Å². The fourth-order valence-electron chi connectivity index (χ4n) is 12.5. The minimum absolute atomic E-state index is 0.0244. The van der Waals surface area contributed by atoms with Gasteiger partial charge in [0.25, 0.3) is 0 Å². The summed E-state index contributed by atoms with van der Waals surface area (Å²) in [5.41, 5.74) is -39.6. The molecule has 0 fully saturated rings. The molecule has 0 atom stereocenters. The lowest BCUT2D eigenvalue weighted by Gasteiger charge is -2.37. The van der Waals surface area contributed by atoms with E-state index in [2.05, 4.69) is 0 Å². The van der Waals surface area contributed by atoms with Crippen molar-refractivity contribution in [2.45, 2.75) is 0 Å². The topological polar surface area (TPSA) is 127 Å². The number of halogens is 40. The predicted octanol–water partition coefficient (Wildman–Crippen LogP) is 20.8. The van der Waals surface area contributed by atoms with E-state index in [9.17, 15) is 70.2 Å². The molecule has 4 N–H and O–H groups in total. The molecule has 0 spiro atoms. The molecule has 0 aliphatic heterocycles. The van der Waals surface area contributed by atoms with Crippen LogP contribution in [0.1, 0.15) is 0 Å². The summed E-state index contributed by atoms with van der Waals surface area (Å²) in [6.07, 6.45) is 0. The van der Waals surface area contributed by atoms with Gasteiger partial charge in [-0.25, -0.2) is 167 Å². The molecule has 12 aromatic carbocycles. The molecular weight excluding hydrogens is 1790 g/mol. The first kappa shape index (κ1) is 95.5. The number of quaternary nitrogens is 2. The Labute approximate surface area is 660 Å². The molecule has 652 valence electrons. The average Bonchev–Trinajstić information content (AvgIpc) is 0.701. The van der Waals surface area contributed by atoms with E-state index in [1.165, 1.54) is 12.1 Å². The molecule has 0 saturated heterocycles. The molecule has 50 heteroatoms. The Balaban J connectivity index is 0.000000263. The molecule has 0 amide bonds. The van der Waals surface area contributed by atoms with E-state index in [-0.39, 0.29) is 31.3 Å². The van der Waals surface area contributed by atoms with Crippen LogP contribution in [0, 0.1) is 233 Å². The van der Waals surface area contributed by atoms with Crippen molar-refractivity contribution in [3.63, 3.8) is 0 Å². The summed E-state index contributed by atoms with van der Waals surface area (Å²) < 4.78 is 603. The number of para-hydroxylation sites is 2. The van der Waals surface area contributed by atoms with Crippen molar-refractivity contribution in [3.05, 3.63) is 318 Å². The third-order valence-corrected chi connectivity index (χ3v) is 17.9. The standard InChI is InChI=1S/C43H14F20N.C31H6F20N.BH3O3.BHO3/c1-64(13-8-4-2-5-9-13,14-10-6-3-7-11-14)16-12-15(18-24(44)32(52)40(60)33(53)25(18)45)17(21-26(46)34(54)41(61)35(55)27(21)47)20(23-30(50)38(58)43(63)39(59)31(23)51)19(16)22-28(48)36(56)42(62)37(57)29(22)49;1-52(30-26(48)22(44)20(42)23(45)27(30)49,31-28(50)24(46)21(43)25(47)29(31)51)6-4-2-3-5(8-10(32)14(36)18(40)15(37)11(8)33)7(6)9-12(34)16(38)19(41)17(39)13(9)35;2*2-1(3)4/h2-12H,1H3;2-4H,1H3;2-4H;2H/q2*+1;;-2. The van der Waals surface area contributed by atoms with Gasteiger partial charge in [0.2, 0.25) is 104 Å². The van der Waals surface area contributed by atoms with Gasteiger partial charge in [0, 0.05) is 34.4 Å². The molecule has 0 aromatic heterocycles. The largest absolute Gasteiger partial charge is 0.871 e. The number of hydrogen-bond acceptors (Lipinski definition) is 6. The molecule has 0 radical (unpaired) electrons. The first-order valence-corrected chi connectivity index (χ1v) is 31.9. The van der Waals surface area contributed by atoms with Gasteiger partial charge in [-0.15, -0.1) is 0 Å². The third kappa shape index (κ3) is 15.4. The second-order valence-electron chi connectivity index (χ2n) is 24.6. The van der Waals surface area contributed by atoms with E-state index in [0.29, 0.717) is 0 Å². The lowest BCUT2D eigenvalue weighted by Crippen LogP contribution is -2.44. The zero-order valence-corrected chi connectivity index (χ0v) is 58.9. The summed E-state index contributed by atoms with van der Waals surface area (Å²) in [5, 5.41) is 45.5. The van der Waals surface area contributed by atoms with Crippen molar-refractivity contribution in [1.82, 2.24) is 8.97 Å². The highest BCUT2D eigenvalue weighted by molar-refractivity contribution is 6.30. The van der Waals surface area contributed by atoms with Crippen LogP contribution in [0.3, 0.4) is 0 Å². The Morgan fingerprint density at radius 3 is 0.637 bits per heavy atom. The van der Waals surface area contributed by atoms with Crippen LogP contribution in [0.15, 0.2) is 84.9 Å². The monoisotopic (exact) mass is 1820 g/mol. The second-order valence-corrected chi connectivity index (χ2v) is 24.6. The third-order valence-electron chi connectivity index (χ3n) is 17.9. The summed E-state index contributed by atoms with van der Waals surface area (Å²) in [6.45, 7) is 0. The van der Waals surface area contributed by atoms with Gasteiger partial charge in [-0.05, 0) is 24.3 Å². The molecular formula is C74H24B2F40N2O6. The maximum Gasteiger partial charge on any atom is 0.631 e. The van der Waals surface area contributed by atoms with E-state index in [1.54, 1.807) is 0 Å². The van der Waals surface area contributed by atoms with Gasteiger partial charge >= 0.3 is 7.32 Å². The van der Waals surface area contributed by atoms with Crippen LogP contribution >= 0.6 is 0 Å². The van der Waals surface area contributed by atoms with Crippen molar-refractivity contribution in [2.75, 3.05) is 14.1 Å². The Kier molecular flexibility index (Phi) is 27.3. The van der Waals surface area contributed by atoms with Crippen LogP contribution in [0.25, 0.3) is 66.8 Å². The highest BCUT2D eigenvalue weighted by Crippen LogP contribution is 2.61. The van der Waals surface area contributed by atoms with E-state index in [0.717, 1.165) is 55.6 Å². The first-order valence-electron chi connectivity index (χ1n) is 31.9. The highest BCUT2D eigenvalue weighted by Gasteiger charge is 2.53. The van der Waals surface area contributed by atoms with Crippen LogP contribution in [-0.4, -0.2) is 48.8 Å². The molecule has 0 aliphatic carbocycles. The van der Waals surface area contributed by atoms with E-state index in [1.807, 2.05) is 0 Å². The lowest BCUT2D eigenvalue weighted by molar-refractivity contribution is -0.376. The van der Waals surface area contributed by atoms with Crippen LogP contribution in [0.4, 0.5) is 210 Å². The maximum atomic E-state index is 16.5. The molecule has 0 heterocycles. The Morgan fingerprint density at radius 2 is 0.387 bits per heavy atom. The number of nitrogens with zero attached hydrogens (tertiary/aromatic N) is 2. The molecule has 124 heavy (non-hydrogen) atoms. The quantitative estimate of drug-likeness (QED) is 0.0317. The first-order chi connectivity index (χ1) is 57.6. The summed E-state index contributed by atoms with van der Waals surface area (Å²) in [5.74, 6) is -123. The molecule has 0 aliphatic rings. The Morgan fingerprint density at radius 1 is 0.194 bits per heavy atom.